The van der Waals surface area contributed by atoms with E-state index in [1.165, 1.54) is 17.4 Å². The van der Waals surface area contributed by atoms with Crippen molar-refractivity contribution in [1.29, 1.82) is 0 Å². The third-order valence-electron chi connectivity index (χ3n) is 3.22. The van der Waals surface area contributed by atoms with E-state index in [1.807, 2.05) is 19.2 Å². The largest absolute Gasteiger partial charge is 0.369 e. The van der Waals surface area contributed by atoms with Gasteiger partial charge in [0.2, 0.25) is 5.95 Å². The summed E-state index contributed by atoms with van der Waals surface area (Å²) in [6.07, 6.45) is 1.68. The van der Waals surface area contributed by atoms with Crippen molar-refractivity contribution in [3.05, 3.63) is 40.4 Å². The van der Waals surface area contributed by atoms with Gasteiger partial charge in [-0.3, -0.25) is 4.57 Å². The average molecular weight is 294 g/mol. The molecule has 0 radical (unpaired) electrons. The normalized spacial score (nSPS) is 12.2. The number of nitrogen functional groups attached to an aromatic ring is 1. The summed E-state index contributed by atoms with van der Waals surface area (Å²) in [6, 6.07) is 2.03. The van der Waals surface area contributed by atoms with Crippen LogP contribution in [0, 0.1) is 11.6 Å². The van der Waals surface area contributed by atoms with Crippen molar-refractivity contribution < 1.29 is 8.78 Å². The third-order valence-corrected chi connectivity index (χ3v) is 4.31. The smallest absolute Gasteiger partial charge is 0.202 e. The number of rotatable bonds is 2. The lowest BCUT2D eigenvalue weighted by Crippen LogP contribution is -2.28. The summed E-state index contributed by atoms with van der Waals surface area (Å²) >= 11 is 1.45. The fourth-order valence-electron chi connectivity index (χ4n) is 2.33. The molecule has 104 valence electrons. The predicted octanol–water partition coefficient (Wildman–Crippen LogP) is 3.14. The van der Waals surface area contributed by atoms with E-state index in [0.29, 0.717) is 5.52 Å². The van der Waals surface area contributed by atoms with Crippen LogP contribution in [0.25, 0.3) is 11.0 Å². The Kier molecular flexibility index (Phi) is 2.75. The summed E-state index contributed by atoms with van der Waals surface area (Å²) in [4.78, 5) is 8.27. The summed E-state index contributed by atoms with van der Waals surface area (Å²) in [5.41, 5.74) is 5.64. The number of anilines is 1. The van der Waals surface area contributed by atoms with Gasteiger partial charge in [-0.2, -0.15) is 0 Å². The lowest BCUT2D eigenvalue weighted by Gasteiger charge is -2.26. The maximum absolute atomic E-state index is 13.8. The zero-order chi connectivity index (χ0) is 14.5. The molecule has 0 saturated carbocycles. The minimum absolute atomic E-state index is 0.0635. The highest BCUT2D eigenvalue weighted by molar-refractivity contribution is 7.09. The van der Waals surface area contributed by atoms with Crippen molar-refractivity contribution in [1.82, 2.24) is 14.5 Å². The van der Waals surface area contributed by atoms with Crippen LogP contribution in [-0.2, 0) is 5.54 Å². The molecule has 0 aliphatic heterocycles. The van der Waals surface area contributed by atoms with Crippen LogP contribution >= 0.6 is 11.3 Å². The first-order valence-electron chi connectivity index (χ1n) is 5.94. The molecule has 0 spiro atoms. The first kappa shape index (κ1) is 13.0. The zero-order valence-electron chi connectivity index (χ0n) is 10.9. The van der Waals surface area contributed by atoms with Crippen LogP contribution in [0.4, 0.5) is 14.7 Å². The van der Waals surface area contributed by atoms with E-state index >= 15 is 0 Å². The second kappa shape index (κ2) is 4.24. The number of aromatic nitrogens is 3. The molecular weight excluding hydrogens is 282 g/mol. The molecule has 2 heterocycles. The average Bonchev–Trinajstić information content (AvgIpc) is 2.96. The first-order chi connectivity index (χ1) is 9.41. The summed E-state index contributed by atoms with van der Waals surface area (Å²) in [6.45, 7) is 3.76. The van der Waals surface area contributed by atoms with Crippen LogP contribution in [0.3, 0.4) is 0 Å². The van der Waals surface area contributed by atoms with Gasteiger partial charge in [0.05, 0.1) is 11.1 Å². The summed E-state index contributed by atoms with van der Waals surface area (Å²) in [5, 5.41) is 2.63. The van der Waals surface area contributed by atoms with Gasteiger partial charge >= 0.3 is 0 Å². The Bertz CT molecular complexity index is 777. The summed E-state index contributed by atoms with van der Waals surface area (Å²) in [7, 11) is 0. The highest BCUT2D eigenvalue weighted by Crippen LogP contribution is 2.34. The predicted molar refractivity (Wildman–Crippen MR) is 74.6 cm³/mol. The van der Waals surface area contributed by atoms with E-state index in [-0.39, 0.29) is 11.5 Å². The van der Waals surface area contributed by atoms with E-state index in [2.05, 4.69) is 9.97 Å². The maximum atomic E-state index is 13.8. The number of hydrogen-bond acceptors (Lipinski definition) is 4. The molecule has 20 heavy (non-hydrogen) atoms. The number of nitrogens with zero attached hydrogens (tertiary/aromatic N) is 3. The molecule has 0 amide bonds. The molecule has 2 aromatic heterocycles. The fourth-order valence-corrected chi connectivity index (χ4v) is 3.08. The molecule has 3 rings (SSSR count). The molecule has 0 aliphatic carbocycles. The fraction of sp³-hybridized carbons (Fsp3) is 0.231. The number of benzene rings is 1. The Balaban J connectivity index is 2.34. The second-order valence-electron chi connectivity index (χ2n) is 4.96. The van der Waals surface area contributed by atoms with Gasteiger partial charge in [0, 0.05) is 23.7 Å². The minimum atomic E-state index is -0.722. The Hall–Kier alpha value is -2.02. The van der Waals surface area contributed by atoms with E-state index in [9.17, 15) is 8.78 Å². The molecule has 2 N–H and O–H groups in total. The molecule has 0 bridgehead atoms. The number of imidazole rings is 1. The SMILES string of the molecule is CC(C)(c1nccs1)n1c(N)nc2c(F)cc(F)cc21. The van der Waals surface area contributed by atoms with Gasteiger partial charge in [-0.05, 0) is 13.8 Å². The quantitative estimate of drug-likeness (QED) is 0.790. The van der Waals surface area contributed by atoms with E-state index < -0.39 is 17.2 Å². The van der Waals surface area contributed by atoms with Gasteiger partial charge in [0.1, 0.15) is 16.3 Å². The molecule has 0 atom stereocenters. The molecular formula is C13H12F2N4S. The highest BCUT2D eigenvalue weighted by atomic mass is 32.1. The van der Waals surface area contributed by atoms with Crippen molar-refractivity contribution in [2.75, 3.05) is 5.73 Å². The van der Waals surface area contributed by atoms with Crippen molar-refractivity contribution in [3.63, 3.8) is 0 Å². The Labute approximate surface area is 117 Å². The first-order valence-corrected chi connectivity index (χ1v) is 6.82. The number of halogens is 2. The molecule has 0 fully saturated rings. The minimum Gasteiger partial charge on any atom is -0.369 e. The lowest BCUT2D eigenvalue weighted by atomic mass is 10.1. The van der Waals surface area contributed by atoms with E-state index in [1.54, 1.807) is 10.8 Å². The Morgan fingerprint density at radius 1 is 1.30 bits per heavy atom. The number of nitrogens with two attached hydrogens (primary N) is 1. The number of thiazole rings is 1. The third kappa shape index (κ3) is 1.77. The summed E-state index contributed by atoms with van der Waals surface area (Å²) in [5.74, 6) is -1.25. The molecule has 0 unspecified atom stereocenters. The van der Waals surface area contributed by atoms with Crippen molar-refractivity contribution in [3.8, 4) is 0 Å². The second-order valence-corrected chi connectivity index (χ2v) is 5.85. The van der Waals surface area contributed by atoms with Crippen LogP contribution in [0.15, 0.2) is 23.7 Å². The van der Waals surface area contributed by atoms with Crippen molar-refractivity contribution in [2.45, 2.75) is 19.4 Å². The zero-order valence-corrected chi connectivity index (χ0v) is 11.7. The van der Waals surface area contributed by atoms with E-state index in [4.69, 9.17) is 5.73 Å². The number of fused-ring (bicyclic) bond motifs is 1. The van der Waals surface area contributed by atoms with Gasteiger partial charge in [-0.25, -0.2) is 18.7 Å². The van der Waals surface area contributed by atoms with Gasteiger partial charge in [0.25, 0.3) is 0 Å². The molecule has 3 aromatic rings. The van der Waals surface area contributed by atoms with Gasteiger partial charge < -0.3 is 5.73 Å². The Morgan fingerprint density at radius 2 is 2.05 bits per heavy atom. The standard InChI is InChI=1S/C13H12F2N4S/c1-13(2,11-17-3-4-20-11)19-9-6-7(14)5-8(15)10(9)18-12(19)16/h3-6H,1-2H3,(H2,16,18). The van der Waals surface area contributed by atoms with E-state index in [0.717, 1.165) is 11.1 Å². The molecule has 7 heteroatoms. The summed E-state index contributed by atoms with van der Waals surface area (Å²) < 4.78 is 28.9. The molecule has 4 nitrogen and oxygen atoms in total. The molecule has 0 aliphatic rings. The van der Waals surface area contributed by atoms with Crippen LogP contribution in [0.5, 0.6) is 0 Å². The maximum Gasteiger partial charge on any atom is 0.202 e. The topological polar surface area (TPSA) is 56.7 Å². The molecule has 1 aromatic carbocycles. The van der Waals surface area contributed by atoms with Crippen LogP contribution in [0.2, 0.25) is 0 Å². The monoisotopic (exact) mass is 294 g/mol. The van der Waals surface area contributed by atoms with Gasteiger partial charge in [-0.1, -0.05) is 0 Å². The van der Waals surface area contributed by atoms with Crippen LogP contribution < -0.4 is 5.73 Å². The highest BCUT2D eigenvalue weighted by Gasteiger charge is 2.30. The lowest BCUT2D eigenvalue weighted by molar-refractivity contribution is 0.452. The Morgan fingerprint density at radius 3 is 2.70 bits per heavy atom. The van der Waals surface area contributed by atoms with Crippen LogP contribution in [0.1, 0.15) is 18.9 Å². The van der Waals surface area contributed by atoms with Crippen molar-refractivity contribution in [2.24, 2.45) is 0 Å². The molecule has 0 saturated heterocycles. The van der Waals surface area contributed by atoms with Crippen molar-refractivity contribution >= 4 is 28.3 Å². The number of hydrogen-bond donors (Lipinski definition) is 1. The van der Waals surface area contributed by atoms with Crippen LogP contribution in [-0.4, -0.2) is 14.5 Å². The van der Waals surface area contributed by atoms with Gasteiger partial charge in [0.15, 0.2) is 5.82 Å². The van der Waals surface area contributed by atoms with Gasteiger partial charge in [-0.15, -0.1) is 11.3 Å².